The fraction of sp³-hybridized carbons (Fsp3) is 0.250. The zero-order chi connectivity index (χ0) is 12.8. The summed E-state index contributed by atoms with van der Waals surface area (Å²) >= 11 is 0. The van der Waals surface area contributed by atoms with Crippen LogP contribution in [-0.4, -0.2) is 9.78 Å². The highest BCUT2D eigenvalue weighted by Crippen LogP contribution is 2.27. The van der Waals surface area contributed by atoms with Crippen molar-refractivity contribution in [1.82, 2.24) is 9.78 Å². The lowest BCUT2D eigenvalue weighted by molar-refractivity contribution is 0.293. The molecule has 2 aromatic rings. The van der Waals surface area contributed by atoms with Gasteiger partial charge in [-0.1, -0.05) is 17.2 Å². The normalized spacial score (nSPS) is 9.83. The highest BCUT2D eigenvalue weighted by atomic mass is 16.5. The molecule has 6 nitrogen and oxygen atoms in total. The van der Waals surface area contributed by atoms with Crippen LogP contribution in [0.1, 0.15) is 12.6 Å². The second-order valence-corrected chi connectivity index (χ2v) is 3.58. The van der Waals surface area contributed by atoms with Crippen LogP contribution in [-0.2, 0) is 13.2 Å². The molecule has 0 unspecified atom stereocenters. The minimum absolute atomic E-state index is 0.395. The number of ether oxygens (including phenoxy) is 1. The van der Waals surface area contributed by atoms with E-state index in [1.54, 1.807) is 24.4 Å². The summed E-state index contributed by atoms with van der Waals surface area (Å²) in [6.07, 6.45) is 1.74. The maximum atomic E-state index is 8.47. The average molecular weight is 243 g/mol. The van der Waals surface area contributed by atoms with E-state index in [2.05, 4.69) is 15.1 Å². The molecule has 0 aliphatic carbocycles. The van der Waals surface area contributed by atoms with Crippen LogP contribution < -0.4 is 4.74 Å². The molecular formula is C12H13N5O. The fourth-order valence-electron chi connectivity index (χ4n) is 1.63. The number of nitrogens with zero attached hydrogens (tertiary/aromatic N) is 5. The molecular weight excluding hydrogens is 230 g/mol. The summed E-state index contributed by atoms with van der Waals surface area (Å²) in [4.78, 5) is 2.77. The molecule has 0 N–H and O–H groups in total. The SMILES string of the molecule is CCn1nccc1COc1ccccc1N=[N+]=[N-]. The Bertz CT molecular complexity index is 571. The Hall–Kier alpha value is -2.46. The van der Waals surface area contributed by atoms with Crippen LogP contribution in [0.2, 0.25) is 0 Å². The van der Waals surface area contributed by atoms with E-state index in [1.807, 2.05) is 23.7 Å². The van der Waals surface area contributed by atoms with E-state index in [-0.39, 0.29) is 0 Å². The van der Waals surface area contributed by atoms with Crippen molar-refractivity contribution in [2.45, 2.75) is 20.1 Å². The van der Waals surface area contributed by atoms with Gasteiger partial charge in [0, 0.05) is 17.7 Å². The number of aryl methyl sites for hydroxylation is 1. The second kappa shape index (κ2) is 5.75. The van der Waals surface area contributed by atoms with Crippen molar-refractivity contribution < 1.29 is 4.74 Å². The van der Waals surface area contributed by atoms with Gasteiger partial charge in [-0.15, -0.1) is 0 Å². The lowest BCUT2D eigenvalue weighted by Gasteiger charge is -2.09. The smallest absolute Gasteiger partial charge is 0.130 e. The summed E-state index contributed by atoms with van der Waals surface area (Å²) in [5.74, 6) is 0.569. The number of rotatable bonds is 5. The van der Waals surface area contributed by atoms with Gasteiger partial charge in [0.25, 0.3) is 0 Å². The third kappa shape index (κ3) is 2.61. The summed E-state index contributed by atoms with van der Waals surface area (Å²) in [6.45, 7) is 3.21. The number of hydrogen-bond donors (Lipinski definition) is 0. The van der Waals surface area contributed by atoms with Crippen molar-refractivity contribution in [3.05, 3.63) is 52.7 Å². The molecule has 0 atom stereocenters. The average Bonchev–Trinajstić information content (AvgIpc) is 2.85. The highest BCUT2D eigenvalue weighted by molar-refractivity contribution is 5.51. The third-order valence-corrected chi connectivity index (χ3v) is 2.50. The Morgan fingerprint density at radius 3 is 3.00 bits per heavy atom. The molecule has 6 heteroatoms. The zero-order valence-electron chi connectivity index (χ0n) is 10.0. The molecule has 0 saturated carbocycles. The predicted molar refractivity (Wildman–Crippen MR) is 67.5 cm³/mol. The van der Waals surface area contributed by atoms with Gasteiger partial charge in [-0.3, -0.25) is 4.68 Å². The van der Waals surface area contributed by atoms with E-state index in [0.29, 0.717) is 18.0 Å². The maximum absolute atomic E-state index is 8.47. The Morgan fingerprint density at radius 2 is 2.22 bits per heavy atom. The number of aromatic nitrogens is 2. The number of para-hydroxylation sites is 1. The molecule has 0 radical (unpaired) electrons. The van der Waals surface area contributed by atoms with Crippen LogP contribution in [0.4, 0.5) is 5.69 Å². The van der Waals surface area contributed by atoms with Crippen LogP contribution in [0.25, 0.3) is 10.4 Å². The molecule has 2 rings (SSSR count). The highest BCUT2D eigenvalue weighted by Gasteiger charge is 2.04. The number of azide groups is 1. The van der Waals surface area contributed by atoms with Gasteiger partial charge < -0.3 is 4.74 Å². The van der Waals surface area contributed by atoms with Crippen LogP contribution in [0.3, 0.4) is 0 Å². The van der Waals surface area contributed by atoms with E-state index >= 15 is 0 Å². The Kier molecular flexibility index (Phi) is 3.83. The minimum Gasteiger partial charge on any atom is -0.487 e. The fourth-order valence-corrected chi connectivity index (χ4v) is 1.63. The van der Waals surface area contributed by atoms with Crippen molar-refractivity contribution in [3.8, 4) is 5.75 Å². The van der Waals surface area contributed by atoms with E-state index < -0.39 is 0 Å². The first-order valence-electron chi connectivity index (χ1n) is 5.62. The van der Waals surface area contributed by atoms with Crippen molar-refractivity contribution in [3.63, 3.8) is 0 Å². The van der Waals surface area contributed by atoms with Crippen molar-refractivity contribution in [2.75, 3.05) is 0 Å². The molecule has 0 saturated heterocycles. The monoisotopic (exact) mass is 243 g/mol. The van der Waals surface area contributed by atoms with Crippen LogP contribution in [0, 0.1) is 0 Å². The quantitative estimate of drug-likeness (QED) is 0.458. The lowest BCUT2D eigenvalue weighted by Crippen LogP contribution is -2.05. The first-order chi connectivity index (χ1) is 8.85. The summed E-state index contributed by atoms with van der Waals surface area (Å²) in [7, 11) is 0. The molecule has 18 heavy (non-hydrogen) atoms. The van der Waals surface area contributed by atoms with E-state index in [0.717, 1.165) is 12.2 Å². The number of benzene rings is 1. The molecule has 0 bridgehead atoms. The van der Waals surface area contributed by atoms with Crippen molar-refractivity contribution >= 4 is 5.69 Å². The molecule has 0 fully saturated rings. The molecule has 1 aromatic carbocycles. The van der Waals surface area contributed by atoms with E-state index in [9.17, 15) is 0 Å². The van der Waals surface area contributed by atoms with Crippen molar-refractivity contribution in [1.29, 1.82) is 0 Å². The van der Waals surface area contributed by atoms with Crippen molar-refractivity contribution in [2.24, 2.45) is 5.11 Å². The summed E-state index contributed by atoms with van der Waals surface area (Å²) < 4.78 is 7.51. The van der Waals surface area contributed by atoms with Gasteiger partial charge in [-0.25, -0.2) is 0 Å². The summed E-state index contributed by atoms with van der Waals surface area (Å²) in [6, 6.07) is 9.03. The largest absolute Gasteiger partial charge is 0.487 e. The predicted octanol–water partition coefficient (Wildman–Crippen LogP) is 3.42. The van der Waals surface area contributed by atoms with E-state index in [4.69, 9.17) is 10.3 Å². The molecule has 0 amide bonds. The van der Waals surface area contributed by atoms with Crippen LogP contribution in [0.5, 0.6) is 5.75 Å². The standard InChI is InChI=1S/C12H13N5O/c1-2-17-10(7-8-14-17)9-18-12-6-4-3-5-11(12)15-16-13/h3-8H,2,9H2,1H3. The van der Waals surface area contributed by atoms with Crippen LogP contribution >= 0.6 is 0 Å². The van der Waals surface area contributed by atoms with E-state index in [1.165, 1.54) is 0 Å². The third-order valence-electron chi connectivity index (χ3n) is 2.50. The molecule has 1 aromatic heterocycles. The van der Waals surface area contributed by atoms with Gasteiger partial charge >= 0.3 is 0 Å². The Morgan fingerprint density at radius 1 is 1.39 bits per heavy atom. The van der Waals surface area contributed by atoms with Gasteiger partial charge in [0.1, 0.15) is 12.4 Å². The zero-order valence-corrected chi connectivity index (χ0v) is 10.0. The Labute approximate surface area is 104 Å². The summed E-state index contributed by atoms with van der Waals surface area (Å²) in [5.41, 5.74) is 9.94. The van der Waals surface area contributed by atoms with Crippen LogP contribution in [0.15, 0.2) is 41.6 Å². The first-order valence-corrected chi connectivity index (χ1v) is 5.62. The van der Waals surface area contributed by atoms with Gasteiger partial charge in [-0.05, 0) is 30.7 Å². The molecule has 0 aliphatic heterocycles. The van der Waals surface area contributed by atoms with Gasteiger partial charge in [0.15, 0.2) is 0 Å². The topological polar surface area (TPSA) is 75.8 Å². The minimum atomic E-state index is 0.395. The molecule has 92 valence electrons. The van der Waals surface area contributed by atoms with Gasteiger partial charge in [0.2, 0.25) is 0 Å². The molecule has 1 heterocycles. The number of hydrogen-bond acceptors (Lipinski definition) is 3. The molecule has 0 aliphatic rings. The lowest BCUT2D eigenvalue weighted by atomic mass is 10.3. The summed E-state index contributed by atoms with van der Waals surface area (Å²) in [5, 5.41) is 7.74. The maximum Gasteiger partial charge on any atom is 0.130 e. The Balaban J connectivity index is 2.13. The van der Waals surface area contributed by atoms with Gasteiger partial charge in [0.05, 0.1) is 11.4 Å². The first kappa shape index (κ1) is 12.0. The molecule has 0 spiro atoms. The van der Waals surface area contributed by atoms with Gasteiger partial charge in [-0.2, -0.15) is 5.10 Å². The second-order valence-electron chi connectivity index (χ2n) is 3.58.